The summed E-state index contributed by atoms with van der Waals surface area (Å²) in [6.45, 7) is 3.56. The second-order valence-electron chi connectivity index (χ2n) is 6.12. The van der Waals surface area contributed by atoms with Crippen LogP contribution in [0.4, 0.5) is 10.6 Å². The van der Waals surface area contributed by atoms with Gasteiger partial charge in [-0.05, 0) is 38.4 Å². The number of aromatic nitrogens is 1. The molecule has 6 nitrogen and oxygen atoms in total. The lowest BCUT2D eigenvalue weighted by Gasteiger charge is -2.33. The van der Waals surface area contributed by atoms with Crippen molar-refractivity contribution in [1.29, 1.82) is 0 Å². The van der Waals surface area contributed by atoms with Gasteiger partial charge in [-0.25, -0.2) is 9.78 Å². The topological polar surface area (TPSA) is 60.5 Å². The minimum Gasteiger partial charge on any atom is -0.356 e. The minimum atomic E-state index is 0.0917. The molecule has 6 heteroatoms. The average Bonchev–Trinajstić information content (AvgIpc) is 3.06. The van der Waals surface area contributed by atoms with Gasteiger partial charge in [0.25, 0.3) is 0 Å². The van der Waals surface area contributed by atoms with E-state index in [1.54, 1.807) is 0 Å². The normalized spacial score (nSPS) is 22.9. The molecule has 22 heavy (non-hydrogen) atoms. The molecule has 1 aromatic rings. The predicted octanol–water partition coefficient (Wildman–Crippen LogP) is 1.05. The van der Waals surface area contributed by atoms with E-state index >= 15 is 0 Å². The number of likely N-dealkylation sites (N-methyl/N-ethyl adjacent to an activating group) is 1. The molecule has 2 aliphatic heterocycles. The van der Waals surface area contributed by atoms with E-state index in [4.69, 9.17) is 0 Å². The van der Waals surface area contributed by atoms with Crippen LogP contribution in [0.15, 0.2) is 24.4 Å². The van der Waals surface area contributed by atoms with E-state index in [1.165, 1.54) is 0 Å². The van der Waals surface area contributed by atoms with Crippen LogP contribution in [0, 0.1) is 0 Å². The molecule has 0 radical (unpaired) electrons. The van der Waals surface area contributed by atoms with Crippen LogP contribution in [-0.2, 0) is 0 Å². The first-order chi connectivity index (χ1) is 10.8. The molecule has 0 spiro atoms. The average molecular weight is 303 g/mol. The van der Waals surface area contributed by atoms with Crippen molar-refractivity contribution < 1.29 is 4.79 Å². The summed E-state index contributed by atoms with van der Waals surface area (Å²) in [6, 6.07) is 6.81. The fourth-order valence-electron chi connectivity index (χ4n) is 3.24. The van der Waals surface area contributed by atoms with Crippen molar-refractivity contribution in [3.63, 3.8) is 0 Å². The second-order valence-corrected chi connectivity index (χ2v) is 6.12. The molecular formula is C16H25N5O. The SMILES string of the molecule is CNC1CCN(C(=O)NC2CCN(c3ccccn3)CC2)C1. The zero-order chi connectivity index (χ0) is 15.4. The number of anilines is 1. The van der Waals surface area contributed by atoms with Crippen molar-refractivity contribution in [3.05, 3.63) is 24.4 Å². The van der Waals surface area contributed by atoms with Crippen molar-refractivity contribution in [1.82, 2.24) is 20.5 Å². The summed E-state index contributed by atoms with van der Waals surface area (Å²) in [4.78, 5) is 20.9. The van der Waals surface area contributed by atoms with Crippen LogP contribution in [0.3, 0.4) is 0 Å². The van der Waals surface area contributed by atoms with E-state index in [0.717, 1.165) is 51.3 Å². The highest BCUT2D eigenvalue weighted by Crippen LogP contribution is 2.18. The number of carbonyl (C=O) groups is 1. The summed E-state index contributed by atoms with van der Waals surface area (Å²) in [5.41, 5.74) is 0. The molecule has 1 unspecified atom stereocenters. The Labute approximate surface area is 131 Å². The highest BCUT2D eigenvalue weighted by atomic mass is 16.2. The lowest BCUT2D eigenvalue weighted by atomic mass is 10.1. The number of urea groups is 1. The number of pyridine rings is 1. The summed E-state index contributed by atoms with van der Waals surface area (Å²) in [6.07, 6.45) is 4.83. The number of amides is 2. The number of hydrogen-bond donors (Lipinski definition) is 2. The van der Waals surface area contributed by atoms with Gasteiger partial charge in [0.1, 0.15) is 5.82 Å². The third-order valence-electron chi connectivity index (χ3n) is 4.68. The second kappa shape index (κ2) is 6.96. The van der Waals surface area contributed by atoms with E-state index in [0.29, 0.717) is 6.04 Å². The van der Waals surface area contributed by atoms with Crippen LogP contribution < -0.4 is 15.5 Å². The van der Waals surface area contributed by atoms with Crippen molar-refractivity contribution in [2.75, 3.05) is 38.1 Å². The summed E-state index contributed by atoms with van der Waals surface area (Å²) in [5, 5.41) is 6.43. The molecule has 2 saturated heterocycles. The zero-order valence-corrected chi connectivity index (χ0v) is 13.2. The van der Waals surface area contributed by atoms with E-state index in [1.807, 2.05) is 36.3 Å². The molecule has 1 atom stereocenters. The van der Waals surface area contributed by atoms with Gasteiger partial charge < -0.3 is 20.4 Å². The smallest absolute Gasteiger partial charge is 0.317 e. The molecule has 2 fully saturated rings. The van der Waals surface area contributed by atoms with Gasteiger partial charge in [0.15, 0.2) is 0 Å². The molecule has 2 amide bonds. The maximum Gasteiger partial charge on any atom is 0.317 e. The highest BCUT2D eigenvalue weighted by molar-refractivity contribution is 5.75. The number of nitrogens with zero attached hydrogens (tertiary/aromatic N) is 3. The maximum absolute atomic E-state index is 12.3. The molecule has 3 rings (SSSR count). The Bertz CT molecular complexity index is 487. The van der Waals surface area contributed by atoms with Crippen LogP contribution in [0.1, 0.15) is 19.3 Å². The van der Waals surface area contributed by atoms with Crippen LogP contribution in [-0.4, -0.2) is 61.2 Å². The molecule has 0 aliphatic carbocycles. The van der Waals surface area contributed by atoms with Gasteiger partial charge in [0, 0.05) is 44.5 Å². The van der Waals surface area contributed by atoms with Gasteiger partial charge in [-0.2, -0.15) is 0 Å². The number of likely N-dealkylation sites (tertiary alicyclic amines) is 1. The number of rotatable bonds is 3. The Hall–Kier alpha value is -1.82. The van der Waals surface area contributed by atoms with Gasteiger partial charge >= 0.3 is 6.03 Å². The van der Waals surface area contributed by atoms with Crippen molar-refractivity contribution >= 4 is 11.8 Å². The van der Waals surface area contributed by atoms with Crippen molar-refractivity contribution in [2.24, 2.45) is 0 Å². The molecule has 3 heterocycles. The first kappa shape index (κ1) is 15.1. The third-order valence-corrected chi connectivity index (χ3v) is 4.68. The highest BCUT2D eigenvalue weighted by Gasteiger charge is 2.28. The maximum atomic E-state index is 12.3. The van der Waals surface area contributed by atoms with Crippen molar-refractivity contribution in [3.8, 4) is 0 Å². The van der Waals surface area contributed by atoms with E-state index < -0.39 is 0 Å². The summed E-state index contributed by atoms with van der Waals surface area (Å²) in [5.74, 6) is 1.03. The lowest BCUT2D eigenvalue weighted by molar-refractivity contribution is 0.201. The monoisotopic (exact) mass is 303 g/mol. The van der Waals surface area contributed by atoms with E-state index in [-0.39, 0.29) is 12.1 Å². The standard InChI is InChI=1S/C16H25N5O/c1-17-14-7-11-21(12-14)16(22)19-13-5-9-20(10-6-13)15-4-2-3-8-18-15/h2-4,8,13-14,17H,5-7,9-12H2,1H3,(H,19,22). The zero-order valence-electron chi connectivity index (χ0n) is 13.2. The molecule has 2 aliphatic rings. The number of nitrogens with one attached hydrogen (secondary N) is 2. The van der Waals surface area contributed by atoms with E-state index in [2.05, 4.69) is 20.5 Å². The molecule has 0 saturated carbocycles. The summed E-state index contributed by atoms with van der Waals surface area (Å²) < 4.78 is 0. The van der Waals surface area contributed by atoms with Crippen LogP contribution >= 0.6 is 0 Å². The molecule has 0 aromatic carbocycles. The van der Waals surface area contributed by atoms with Gasteiger partial charge in [-0.1, -0.05) is 6.07 Å². The first-order valence-electron chi connectivity index (χ1n) is 8.15. The number of hydrogen-bond acceptors (Lipinski definition) is 4. The molecule has 2 N–H and O–H groups in total. The fourth-order valence-corrected chi connectivity index (χ4v) is 3.24. The largest absolute Gasteiger partial charge is 0.356 e. The van der Waals surface area contributed by atoms with E-state index in [9.17, 15) is 4.79 Å². The Kier molecular flexibility index (Phi) is 4.77. The number of carbonyl (C=O) groups excluding carboxylic acids is 1. The minimum absolute atomic E-state index is 0.0917. The Balaban J connectivity index is 1.45. The van der Waals surface area contributed by atoms with Gasteiger partial charge in [-0.15, -0.1) is 0 Å². The predicted molar refractivity (Wildman–Crippen MR) is 87.0 cm³/mol. The van der Waals surface area contributed by atoms with Gasteiger partial charge in [-0.3, -0.25) is 0 Å². The van der Waals surface area contributed by atoms with Gasteiger partial charge in [0.05, 0.1) is 0 Å². The third kappa shape index (κ3) is 3.50. The molecular weight excluding hydrogens is 278 g/mol. The Morgan fingerprint density at radius 1 is 1.18 bits per heavy atom. The summed E-state index contributed by atoms with van der Waals surface area (Å²) >= 11 is 0. The fraction of sp³-hybridized carbons (Fsp3) is 0.625. The number of piperidine rings is 1. The van der Waals surface area contributed by atoms with Crippen molar-refractivity contribution in [2.45, 2.75) is 31.3 Å². The lowest BCUT2D eigenvalue weighted by Crippen LogP contribution is -2.49. The molecule has 120 valence electrons. The van der Waals surface area contributed by atoms with Gasteiger partial charge in [0.2, 0.25) is 0 Å². The summed E-state index contributed by atoms with van der Waals surface area (Å²) in [7, 11) is 1.96. The Morgan fingerprint density at radius 2 is 1.95 bits per heavy atom. The molecule has 1 aromatic heterocycles. The van der Waals surface area contributed by atoms with Crippen LogP contribution in [0.5, 0.6) is 0 Å². The molecule has 0 bridgehead atoms. The van der Waals surface area contributed by atoms with Crippen LogP contribution in [0.25, 0.3) is 0 Å². The van der Waals surface area contributed by atoms with Crippen LogP contribution in [0.2, 0.25) is 0 Å². The Morgan fingerprint density at radius 3 is 2.59 bits per heavy atom. The quantitative estimate of drug-likeness (QED) is 0.876. The first-order valence-corrected chi connectivity index (χ1v) is 8.15.